The Hall–Kier alpha value is -2.50. The van der Waals surface area contributed by atoms with Crippen molar-refractivity contribution in [1.82, 2.24) is 0 Å². The molecule has 0 heterocycles. The SMILES string of the molecule is Cc1ccc(COc2ccc(C(F)(F)F)cc2)cc1C(=O)O. The van der Waals surface area contributed by atoms with E-state index in [4.69, 9.17) is 9.84 Å². The smallest absolute Gasteiger partial charge is 0.416 e. The van der Waals surface area contributed by atoms with Gasteiger partial charge in [0.2, 0.25) is 0 Å². The van der Waals surface area contributed by atoms with Gasteiger partial charge < -0.3 is 9.84 Å². The maximum atomic E-state index is 12.4. The summed E-state index contributed by atoms with van der Waals surface area (Å²) in [6, 6.07) is 9.20. The van der Waals surface area contributed by atoms with Crippen LogP contribution < -0.4 is 4.74 Å². The number of halogens is 3. The minimum Gasteiger partial charge on any atom is -0.489 e. The van der Waals surface area contributed by atoms with Crippen molar-refractivity contribution in [3.63, 3.8) is 0 Å². The third kappa shape index (κ3) is 3.78. The Morgan fingerprint density at radius 1 is 1.14 bits per heavy atom. The first-order valence-corrected chi connectivity index (χ1v) is 6.40. The van der Waals surface area contributed by atoms with Gasteiger partial charge in [-0.05, 0) is 48.4 Å². The number of hydrogen-bond donors (Lipinski definition) is 1. The van der Waals surface area contributed by atoms with E-state index in [2.05, 4.69) is 0 Å². The maximum Gasteiger partial charge on any atom is 0.416 e. The summed E-state index contributed by atoms with van der Waals surface area (Å²) in [6.45, 7) is 1.76. The van der Waals surface area contributed by atoms with Gasteiger partial charge >= 0.3 is 12.1 Å². The van der Waals surface area contributed by atoms with Crippen molar-refractivity contribution in [3.8, 4) is 5.75 Å². The average Bonchev–Trinajstić information content (AvgIpc) is 2.45. The third-order valence-electron chi connectivity index (χ3n) is 3.12. The number of carboxylic acid groups (broad SMARTS) is 1. The Morgan fingerprint density at radius 3 is 2.32 bits per heavy atom. The van der Waals surface area contributed by atoms with Crippen LogP contribution in [0.25, 0.3) is 0 Å². The molecular formula is C16H13F3O3. The van der Waals surface area contributed by atoms with Crippen molar-refractivity contribution in [2.24, 2.45) is 0 Å². The highest BCUT2D eigenvalue weighted by Crippen LogP contribution is 2.30. The monoisotopic (exact) mass is 310 g/mol. The van der Waals surface area contributed by atoms with Gasteiger partial charge in [0.1, 0.15) is 12.4 Å². The molecule has 116 valence electrons. The molecule has 0 aliphatic rings. The lowest BCUT2D eigenvalue weighted by Gasteiger charge is -2.10. The first-order valence-electron chi connectivity index (χ1n) is 6.40. The summed E-state index contributed by atoms with van der Waals surface area (Å²) in [5.74, 6) is -0.751. The van der Waals surface area contributed by atoms with Crippen LogP contribution in [-0.2, 0) is 12.8 Å². The third-order valence-corrected chi connectivity index (χ3v) is 3.12. The first-order chi connectivity index (χ1) is 10.3. The van der Waals surface area contributed by atoms with Crippen LogP contribution in [0.5, 0.6) is 5.75 Å². The standard InChI is InChI=1S/C16H13F3O3/c1-10-2-3-11(8-14(10)15(20)21)9-22-13-6-4-12(5-7-13)16(17,18)19/h2-8H,9H2,1H3,(H,20,21). The molecule has 22 heavy (non-hydrogen) atoms. The minimum absolute atomic E-state index is 0.0753. The van der Waals surface area contributed by atoms with Crippen molar-refractivity contribution >= 4 is 5.97 Å². The molecule has 0 bridgehead atoms. The lowest BCUT2D eigenvalue weighted by Crippen LogP contribution is -2.05. The quantitative estimate of drug-likeness (QED) is 0.916. The van der Waals surface area contributed by atoms with Gasteiger partial charge in [0.25, 0.3) is 0 Å². The van der Waals surface area contributed by atoms with E-state index in [1.807, 2.05) is 0 Å². The second-order valence-corrected chi connectivity index (χ2v) is 4.77. The van der Waals surface area contributed by atoms with Crippen LogP contribution in [0.4, 0.5) is 13.2 Å². The highest BCUT2D eigenvalue weighted by molar-refractivity contribution is 5.89. The Morgan fingerprint density at radius 2 is 1.77 bits per heavy atom. The molecule has 2 aromatic rings. The number of rotatable bonds is 4. The van der Waals surface area contributed by atoms with E-state index < -0.39 is 17.7 Å². The fourth-order valence-electron chi connectivity index (χ4n) is 1.90. The van der Waals surface area contributed by atoms with E-state index in [0.717, 1.165) is 12.1 Å². The normalized spacial score (nSPS) is 11.3. The summed E-state index contributed by atoms with van der Waals surface area (Å²) >= 11 is 0. The summed E-state index contributed by atoms with van der Waals surface area (Å²) in [4.78, 5) is 11.0. The number of aromatic carboxylic acids is 1. The molecule has 0 radical (unpaired) electrons. The summed E-state index contributed by atoms with van der Waals surface area (Å²) < 4.78 is 42.7. The maximum absolute atomic E-state index is 12.4. The van der Waals surface area contributed by atoms with Crippen LogP contribution in [0.1, 0.15) is 27.0 Å². The summed E-state index contributed by atoms with van der Waals surface area (Å²) in [5, 5.41) is 9.03. The predicted octanol–water partition coefficient (Wildman–Crippen LogP) is 4.29. The highest BCUT2D eigenvalue weighted by atomic mass is 19.4. The van der Waals surface area contributed by atoms with Crippen molar-refractivity contribution in [1.29, 1.82) is 0 Å². The van der Waals surface area contributed by atoms with E-state index in [9.17, 15) is 18.0 Å². The molecule has 0 aromatic heterocycles. The van der Waals surface area contributed by atoms with Crippen LogP contribution in [0, 0.1) is 6.92 Å². The van der Waals surface area contributed by atoms with Crippen LogP contribution in [-0.4, -0.2) is 11.1 Å². The molecule has 0 fully saturated rings. The lowest BCUT2D eigenvalue weighted by atomic mass is 10.1. The molecule has 6 heteroatoms. The van der Waals surface area contributed by atoms with Crippen LogP contribution in [0.3, 0.4) is 0 Å². The summed E-state index contributed by atoms with van der Waals surface area (Å²) in [5.41, 5.74) is 0.686. The summed E-state index contributed by atoms with van der Waals surface area (Å²) in [7, 11) is 0. The molecule has 0 amide bonds. The fraction of sp³-hybridized carbons (Fsp3) is 0.188. The van der Waals surface area contributed by atoms with Crippen LogP contribution in [0.2, 0.25) is 0 Å². The van der Waals surface area contributed by atoms with Crippen LogP contribution >= 0.6 is 0 Å². The molecular weight excluding hydrogens is 297 g/mol. The van der Waals surface area contributed by atoms with Crippen molar-refractivity contribution in [2.75, 3.05) is 0 Å². The van der Waals surface area contributed by atoms with E-state index in [1.165, 1.54) is 18.2 Å². The average molecular weight is 310 g/mol. The minimum atomic E-state index is -4.38. The lowest BCUT2D eigenvalue weighted by molar-refractivity contribution is -0.137. The Balaban J connectivity index is 2.07. The van der Waals surface area contributed by atoms with Crippen molar-refractivity contribution in [3.05, 3.63) is 64.7 Å². The van der Waals surface area contributed by atoms with Gasteiger partial charge in [-0.15, -0.1) is 0 Å². The molecule has 0 spiro atoms. The molecule has 3 nitrogen and oxygen atoms in total. The van der Waals surface area contributed by atoms with Gasteiger partial charge in [-0.2, -0.15) is 13.2 Å². The Kier molecular flexibility index (Phi) is 4.40. The molecule has 0 aliphatic carbocycles. The van der Waals surface area contributed by atoms with Crippen molar-refractivity contribution < 1.29 is 27.8 Å². The number of hydrogen-bond acceptors (Lipinski definition) is 2. The number of alkyl halides is 3. The van der Waals surface area contributed by atoms with Gasteiger partial charge in [-0.3, -0.25) is 0 Å². The van der Waals surface area contributed by atoms with E-state index >= 15 is 0 Å². The van der Waals surface area contributed by atoms with E-state index in [0.29, 0.717) is 11.1 Å². The predicted molar refractivity (Wildman–Crippen MR) is 73.9 cm³/mol. The number of benzene rings is 2. The second kappa shape index (κ2) is 6.09. The molecule has 0 aliphatic heterocycles. The molecule has 2 aromatic carbocycles. The summed E-state index contributed by atoms with van der Waals surface area (Å²) in [6.07, 6.45) is -4.38. The number of carboxylic acids is 1. The molecule has 0 atom stereocenters. The van der Waals surface area contributed by atoms with E-state index in [1.54, 1.807) is 19.1 Å². The number of aryl methyl sites for hydroxylation is 1. The number of ether oxygens (including phenoxy) is 1. The fourth-order valence-corrected chi connectivity index (χ4v) is 1.90. The van der Waals surface area contributed by atoms with Gasteiger partial charge in [0.05, 0.1) is 11.1 Å². The first kappa shape index (κ1) is 15.9. The van der Waals surface area contributed by atoms with E-state index in [-0.39, 0.29) is 17.9 Å². The highest BCUT2D eigenvalue weighted by Gasteiger charge is 2.29. The Bertz CT molecular complexity index is 676. The second-order valence-electron chi connectivity index (χ2n) is 4.77. The van der Waals surface area contributed by atoms with Gasteiger partial charge in [-0.1, -0.05) is 12.1 Å². The zero-order chi connectivity index (χ0) is 16.3. The zero-order valence-corrected chi connectivity index (χ0v) is 11.6. The van der Waals surface area contributed by atoms with Crippen molar-refractivity contribution in [2.45, 2.75) is 19.7 Å². The Labute approximate surface area is 125 Å². The topological polar surface area (TPSA) is 46.5 Å². The molecule has 1 N–H and O–H groups in total. The van der Waals surface area contributed by atoms with Crippen LogP contribution in [0.15, 0.2) is 42.5 Å². The zero-order valence-electron chi connectivity index (χ0n) is 11.6. The number of carbonyl (C=O) groups is 1. The van der Waals surface area contributed by atoms with Gasteiger partial charge in [0.15, 0.2) is 0 Å². The molecule has 2 rings (SSSR count). The molecule has 0 saturated heterocycles. The van der Waals surface area contributed by atoms with Gasteiger partial charge in [0, 0.05) is 0 Å². The largest absolute Gasteiger partial charge is 0.489 e. The molecule has 0 saturated carbocycles. The molecule has 0 unspecified atom stereocenters. The van der Waals surface area contributed by atoms with Gasteiger partial charge in [-0.25, -0.2) is 4.79 Å².